The van der Waals surface area contributed by atoms with Gasteiger partial charge >= 0.3 is 0 Å². The second-order valence-corrected chi connectivity index (χ2v) is 7.40. The average Bonchev–Trinajstić information content (AvgIpc) is 3.21. The molecule has 3 aromatic rings. The van der Waals surface area contributed by atoms with Gasteiger partial charge in [0.1, 0.15) is 12.2 Å². The molecule has 4 rings (SSSR count). The van der Waals surface area contributed by atoms with Crippen LogP contribution in [0.2, 0.25) is 0 Å². The van der Waals surface area contributed by atoms with E-state index in [1.54, 1.807) is 16.8 Å². The molecule has 1 amide bonds. The Kier molecular flexibility index (Phi) is 6.12. The largest absolute Gasteiger partial charge is 0.328 e. The number of carbonyl (C=O) groups excluding carboxylic acids is 1. The Morgan fingerprint density at radius 2 is 1.62 bits per heavy atom. The molecule has 2 heterocycles. The van der Waals surface area contributed by atoms with Gasteiger partial charge in [-0.15, -0.1) is 5.10 Å². The van der Waals surface area contributed by atoms with E-state index in [4.69, 9.17) is 0 Å². The smallest absolute Gasteiger partial charge is 0.247 e. The number of quaternary nitrogens is 1. The summed E-state index contributed by atoms with van der Waals surface area (Å²) in [6.45, 7) is 5.20. The number of aromatic nitrogens is 3. The highest BCUT2D eigenvalue weighted by Crippen LogP contribution is 2.04. The van der Waals surface area contributed by atoms with Gasteiger partial charge in [0, 0.05) is 11.6 Å². The Hall–Kier alpha value is -3.25. The molecule has 0 saturated carbocycles. The van der Waals surface area contributed by atoms with E-state index in [9.17, 15) is 4.79 Å². The number of hydrogen-bond donors (Lipinski definition) is 1. The molecule has 0 radical (unpaired) electrons. The van der Waals surface area contributed by atoms with E-state index in [2.05, 4.69) is 46.7 Å². The minimum Gasteiger partial charge on any atom is -0.328 e. The lowest BCUT2D eigenvalue weighted by molar-refractivity contribution is -0.917. The van der Waals surface area contributed by atoms with Crippen molar-refractivity contribution in [1.29, 1.82) is 0 Å². The van der Waals surface area contributed by atoms with Crippen LogP contribution in [-0.4, -0.2) is 52.0 Å². The van der Waals surface area contributed by atoms with Gasteiger partial charge in [0.05, 0.1) is 38.9 Å². The van der Waals surface area contributed by atoms with Crippen LogP contribution in [0.3, 0.4) is 0 Å². The predicted octanol–water partition coefficient (Wildman–Crippen LogP) is 1.27. The van der Waals surface area contributed by atoms with E-state index in [0.717, 1.165) is 32.7 Å². The summed E-state index contributed by atoms with van der Waals surface area (Å²) in [5.41, 5.74) is 3.21. The Morgan fingerprint density at radius 3 is 2.31 bits per heavy atom. The fraction of sp³-hybridized carbons (Fsp3) is 0.261. The number of carbonyl (C=O) groups is 1. The fourth-order valence-corrected chi connectivity index (χ4v) is 3.60. The van der Waals surface area contributed by atoms with Crippen LogP contribution in [0.25, 0.3) is 6.08 Å². The third-order valence-corrected chi connectivity index (χ3v) is 5.22. The molecule has 1 aromatic heterocycles. The molecule has 1 aliphatic heterocycles. The molecule has 1 saturated heterocycles. The zero-order valence-electron chi connectivity index (χ0n) is 16.4. The van der Waals surface area contributed by atoms with E-state index in [0.29, 0.717) is 12.2 Å². The first kappa shape index (κ1) is 19.1. The maximum absolute atomic E-state index is 12.5. The van der Waals surface area contributed by atoms with Crippen molar-refractivity contribution >= 4 is 12.0 Å². The maximum Gasteiger partial charge on any atom is 0.247 e. The predicted molar refractivity (Wildman–Crippen MR) is 112 cm³/mol. The lowest BCUT2D eigenvalue weighted by Crippen LogP contribution is -3.13. The third-order valence-electron chi connectivity index (χ3n) is 5.22. The van der Waals surface area contributed by atoms with Crippen LogP contribution in [0.5, 0.6) is 0 Å². The Labute approximate surface area is 171 Å². The quantitative estimate of drug-likeness (QED) is 0.647. The summed E-state index contributed by atoms with van der Waals surface area (Å²) in [6, 6.07) is 20.7. The number of amides is 1. The molecule has 29 heavy (non-hydrogen) atoms. The lowest BCUT2D eigenvalue weighted by Gasteiger charge is -2.31. The van der Waals surface area contributed by atoms with Crippen molar-refractivity contribution in [3.8, 4) is 0 Å². The Balaban J connectivity index is 1.26. The zero-order valence-corrected chi connectivity index (χ0v) is 16.4. The summed E-state index contributed by atoms with van der Waals surface area (Å²) in [5, 5.41) is 8.28. The van der Waals surface area contributed by atoms with Crippen molar-refractivity contribution in [2.24, 2.45) is 0 Å². The van der Waals surface area contributed by atoms with Crippen molar-refractivity contribution in [2.75, 3.05) is 26.2 Å². The number of rotatable bonds is 6. The normalized spacial score (nSPS) is 15.1. The minimum absolute atomic E-state index is 0.0429. The molecule has 148 valence electrons. The monoisotopic (exact) mass is 388 g/mol. The van der Waals surface area contributed by atoms with Gasteiger partial charge in [-0.2, -0.15) is 0 Å². The van der Waals surface area contributed by atoms with Gasteiger partial charge in [-0.1, -0.05) is 65.9 Å². The fourth-order valence-electron chi connectivity index (χ4n) is 3.60. The molecule has 0 spiro atoms. The van der Waals surface area contributed by atoms with Crippen molar-refractivity contribution < 1.29 is 9.69 Å². The molecular formula is C23H26N5O+. The van der Waals surface area contributed by atoms with Gasteiger partial charge < -0.3 is 9.80 Å². The van der Waals surface area contributed by atoms with Crippen LogP contribution in [0.15, 0.2) is 72.9 Å². The van der Waals surface area contributed by atoms with Gasteiger partial charge in [-0.05, 0) is 11.6 Å². The van der Waals surface area contributed by atoms with Crippen LogP contribution in [0.4, 0.5) is 0 Å². The third kappa shape index (κ3) is 5.39. The zero-order chi connectivity index (χ0) is 19.9. The van der Waals surface area contributed by atoms with E-state index < -0.39 is 0 Å². The SMILES string of the molecule is O=C(/C=C/c1cn(Cc2ccccc2)nn1)N1CC[NH+](Cc2ccccc2)CC1. The topological polar surface area (TPSA) is 55.5 Å². The molecule has 0 bridgehead atoms. The van der Waals surface area contributed by atoms with Crippen molar-refractivity contribution in [1.82, 2.24) is 19.9 Å². The number of nitrogens with zero attached hydrogens (tertiary/aromatic N) is 4. The molecule has 1 N–H and O–H groups in total. The average molecular weight is 388 g/mol. The molecule has 0 atom stereocenters. The van der Waals surface area contributed by atoms with Crippen molar-refractivity contribution in [3.05, 3.63) is 89.8 Å². The first-order chi connectivity index (χ1) is 14.3. The maximum atomic E-state index is 12.5. The summed E-state index contributed by atoms with van der Waals surface area (Å²) < 4.78 is 1.78. The molecule has 6 heteroatoms. The number of hydrogen-bond acceptors (Lipinski definition) is 3. The number of piperazine rings is 1. The van der Waals surface area contributed by atoms with E-state index in [1.165, 1.54) is 16.0 Å². The first-order valence-corrected chi connectivity index (χ1v) is 10.0. The van der Waals surface area contributed by atoms with Crippen LogP contribution in [0, 0.1) is 0 Å². The summed E-state index contributed by atoms with van der Waals surface area (Å²) in [6.07, 6.45) is 5.22. The summed E-state index contributed by atoms with van der Waals surface area (Å²) in [5.74, 6) is 0.0429. The highest BCUT2D eigenvalue weighted by Gasteiger charge is 2.22. The number of benzene rings is 2. The lowest BCUT2D eigenvalue weighted by atomic mass is 10.2. The van der Waals surface area contributed by atoms with Crippen molar-refractivity contribution in [2.45, 2.75) is 13.1 Å². The second kappa shape index (κ2) is 9.30. The van der Waals surface area contributed by atoms with Gasteiger partial charge in [-0.3, -0.25) is 4.79 Å². The van der Waals surface area contributed by atoms with Crippen LogP contribution < -0.4 is 4.90 Å². The van der Waals surface area contributed by atoms with Gasteiger partial charge in [0.25, 0.3) is 0 Å². The highest BCUT2D eigenvalue weighted by molar-refractivity contribution is 5.91. The molecule has 1 fully saturated rings. The van der Waals surface area contributed by atoms with E-state index >= 15 is 0 Å². The molecule has 0 unspecified atom stereocenters. The molecular weight excluding hydrogens is 362 g/mol. The minimum atomic E-state index is 0.0429. The van der Waals surface area contributed by atoms with Crippen molar-refractivity contribution in [3.63, 3.8) is 0 Å². The van der Waals surface area contributed by atoms with E-state index in [1.807, 2.05) is 35.4 Å². The van der Waals surface area contributed by atoms with Crippen LogP contribution in [-0.2, 0) is 17.9 Å². The van der Waals surface area contributed by atoms with Gasteiger partial charge in [0.15, 0.2) is 0 Å². The van der Waals surface area contributed by atoms with E-state index in [-0.39, 0.29) is 5.91 Å². The Bertz CT molecular complexity index is 944. The number of nitrogens with one attached hydrogen (secondary N) is 1. The highest BCUT2D eigenvalue weighted by atomic mass is 16.2. The first-order valence-electron chi connectivity index (χ1n) is 10.0. The summed E-state index contributed by atoms with van der Waals surface area (Å²) in [7, 11) is 0. The molecule has 0 aliphatic carbocycles. The van der Waals surface area contributed by atoms with Gasteiger partial charge in [-0.25, -0.2) is 4.68 Å². The second-order valence-electron chi connectivity index (χ2n) is 7.40. The molecule has 2 aromatic carbocycles. The molecule has 6 nitrogen and oxygen atoms in total. The van der Waals surface area contributed by atoms with Crippen LogP contribution in [0.1, 0.15) is 16.8 Å². The summed E-state index contributed by atoms with van der Waals surface area (Å²) >= 11 is 0. The van der Waals surface area contributed by atoms with Crippen LogP contribution >= 0.6 is 0 Å². The Morgan fingerprint density at radius 1 is 0.966 bits per heavy atom. The standard InChI is InChI=1S/C23H25N5O/c29-23(27-15-13-26(14-16-27)17-20-7-3-1-4-8-20)12-11-22-19-28(25-24-22)18-21-9-5-2-6-10-21/h1-12,19H,13-18H2/p+1/b12-11+. The molecule has 1 aliphatic rings. The summed E-state index contributed by atoms with van der Waals surface area (Å²) in [4.78, 5) is 15.9. The van der Waals surface area contributed by atoms with Gasteiger partial charge in [0.2, 0.25) is 5.91 Å².